The van der Waals surface area contributed by atoms with Crippen molar-refractivity contribution in [3.63, 3.8) is 0 Å². The van der Waals surface area contributed by atoms with Crippen molar-refractivity contribution < 1.29 is 9.13 Å². The molecule has 0 aliphatic heterocycles. The number of hydrogen-bond acceptors (Lipinski definition) is 2. The topological polar surface area (TPSA) is 35.2 Å². The summed E-state index contributed by atoms with van der Waals surface area (Å²) >= 11 is 0. The van der Waals surface area contributed by atoms with Gasteiger partial charge in [0.1, 0.15) is 11.6 Å². The lowest BCUT2D eigenvalue weighted by atomic mass is 9.98. The van der Waals surface area contributed by atoms with Crippen molar-refractivity contribution >= 4 is 0 Å². The smallest absolute Gasteiger partial charge is 0.131 e. The van der Waals surface area contributed by atoms with Crippen LogP contribution in [0.1, 0.15) is 24.1 Å². The minimum Gasteiger partial charge on any atom is -0.496 e. The van der Waals surface area contributed by atoms with Crippen LogP contribution in [-0.2, 0) is 0 Å². The number of methoxy groups -OCH3 is 1. The van der Waals surface area contributed by atoms with Gasteiger partial charge in [0.2, 0.25) is 0 Å². The van der Waals surface area contributed by atoms with Crippen LogP contribution in [0.5, 0.6) is 5.75 Å². The van der Waals surface area contributed by atoms with E-state index in [4.69, 9.17) is 10.5 Å². The van der Waals surface area contributed by atoms with Crippen LogP contribution in [0.4, 0.5) is 4.39 Å². The van der Waals surface area contributed by atoms with E-state index < -0.39 is 0 Å². The molecule has 0 aromatic heterocycles. The molecule has 1 unspecified atom stereocenters. The van der Waals surface area contributed by atoms with Crippen LogP contribution in [-0.4, -0.2) is 7.11 Å². The molecule has 0 amide bonds. The summed E-state index contributed by atoms with van der Waals surface area (Å²) in [6, 6.07) is 10.5. The number of ether oxygens (including phenoxy) is 1. The molecule has 2 nitrogen and oxygen atoms in total. The van der Waals surface area contributed by atoms with Gasteiger partial charge >= 0.3 is 0 Å². The number of hydrogen-bond donors (Lipinski definition) is 1. The van der Waals surface area contributed by atoms with Crippen molar-refractivity contribution in [3.8, 4) is 16.9 Å². The molecule has 0 radical (unpaired) electrons. The maximum absolute atomic E-state index is 14.1. The van der Waals surface area contributed by atoms with Gasteiger partial charge in [0.05, 0.1) is 7.11 Å². The summed E-state index contributed by atoms with van der Waals surface area (Å²) in [4.78, 5) is 0. The van der Waals surface area contributed by atoms with E-state index in [2.05, 4.69) is 0 Å². The van der Waals surface area contributed by atoms with Crippen LogP contribution < -0.4 is 10.5 Å². The van der Waals surface area contributed by atoms with E-state index in [1.807, 2.05) is 32.0 Å². The Bertz CT molecular complexity index is 593. The first-order chi connectivity index (χ1) is 9.02. The number of nitrogens with two attached hydrogens (primary N) is 1. The first-order valence-corrected chi connectivity index (χ1v) is 6.23. The summed E-state index contributed by atoms with van der Waals surface area (Å²) in [5.74, 6) is 0.389. The fourth-order valence-electron chi connectivity index (χ4n) is 2.06. The van der Waals surface area contributed by atoms with Crippen molar-refractivity contribution in [3.05, 3.63) is 53.3 Å². The predicted octanol–water partition coefficient (Wildman–Crippen LogP) is 3.83. The maximum Gasteiger partial charge on any atom is 0.131 e. The lowest BCUT2D eigenvalue weighted by Gasteiger charge is -2.13. The standard InChI is InChI=1S/C16H18FNO/c1-10-4-7-16(19-3)14(8-10)13-9-12(11(2)18)5-6-15(13)17/h4-9,11H,18H2,1-3H3. The van der Waals surface area contributed by atoms with Gasteiger partial charge in [-0.05, 0) is 43.7 Å². The highest BCUT2D eigenvalue weighted by atomic mass is 19.1. The quantitative estimate of drug-likeness (QED) is 0.909. The van der Waals surface area contributed by atoms with Gasteiger partial charge in [-0.3, -0.25) is 0 Å². The van der Waals surface area contributed by atoms with E-state index >= 15 is 0 Å². The van der Waals surface area contributed by atoms with Crippen LogP contribution in [0.2, 0.25) is 0 Å². The summed E-state index contributed by atoms with van der Waals surface area (Å²) in [5.41, 5.74) is 9.09. The largest absolute Gasteiger partial charge is 0.496 e. The lowest BCUT2D eigenvalue weighted by molar-refractivity contribution is 0.416. The minimum absolute atomic E-state index is 0.129. The third-order valence-corrected chi connectivity index (χ3v) is 3.16. The Balaban J connectivity index is 2.63. The van der Waals surface area contributed by atoms with Gasteiger partial charge in [-0.25, -0.2) is 4.39 Å². The Morgan fingerprint density at radius 2 is 1.84 bits per heavy atom. The van der Waals surface area contributed by atoms with Gasteiger partial charge in [-0.1, -0.05) is 17.7 Å². The lowest BCUT2D eigenvalue weighted by Crippen LogP contribution is -2.05. The molecule has 2 aromatic carbocycles. The van der Waals surface area contributed by atoms with E-state index in [0.717, 1.165) is 16.7 Å². The molecule has 2 aromatic rings. The number of halogens is 1. The monoisotopic (exact) mass is 259 g/mol. The van der Waals surface area contributed by atoms with E-state index in [0.29, 0.717) is 11.3 Å². The van der Waals surface area contributed by atoms with Crippen molar-refractivity contribution in [2.45, 2.75) is 19.9 Å². The summed E-state index contributed by atoms with van der Waals surface area (Å²) in [5, 5.41) is 0. The molecule has 0 aliphatic carbocycles. The zero-order valence-corrected chi connectivity index (χ0v) is 11.4. The highest BCUT2D eigenvalue weighted by Gasteiger charge is 2.13. The van der Waals surface area contributed by atoms with E-state index in [1.54, 1.807) is 19.2 Å². The van der Waals surface area contributed by atoms with Crippen LogP contribution in [0.25, 0.3) is 11.1 Å². The van der Waals surface area contributed by atoms with Crippen molar-refractivity contribution in [2.75, 3.05) is 7.11 Å². The summed E-state index contributed by atoms with van der Waals surface area (Å²) < 4.78 is 19.4. The number of aryl methyl sites for hydroxylation is 1. The van der Waals surface area contributed by atoms with Gasteiger partial charge in [-0.2, -0.15) is 0 Å². The Hall–Kier alpha value is -1.87. The molecule has 0 bridgehead atoms. The van der Waals surface area contributed by atoms with Crippen molar-refractivity contribution in [1.29, 1.82) is 0 Å². The average Bonchev–Trinajstić information content (AvgIpc) is 2.39. The summed E-state index contributed by atoms with van der Waals surface area (Å²) in [6.07, 6.45) is 0. The second-order valence-corrected chi connectivity index (χ2v) is 4.73. The van der Waals surface area contributed by atoms with Crippen molar-refractivity contribution in [1.82, 2.24) is 0 Å². The van der Waals surface area contributed by atoms with E-state index in [1.165, 1.54) is 6.07 Å². The van der Waals surface area contributed by atoms with Gasteiger partial charge in [-0.15, -0.1) is 0 Å². The Morgan fingerprint density at radius 3 is 2.47 bits per heavy atom. The third-order valence-electron chi connectivity index (χ3n) is 3.16. The molecule has 0 saturated heterocycles. The first kappa shape index (κ1) is 13.6. The SMILES string of the molecule is COc1ccc(C)cc1-c1cc(C(C)N)ccc1F. The molecule has 0 saturated carbocycles. The van der Waals surface area contributed by atoms with Crippen LogP contribution in [0.15, 0.2) is 36.4 Å². The molecule has 0 aliphatic rings. The second-order valence-electron chi connectivity index (χ2n) is 4.73. The predicted molar refractivity (Wildman–Crippen MR) is 75.7 cm³/mol. The normalized spacial score (nSPS) is 12.3. The highest BCUT2D eigenvalue weighted by molar-refractivity contribution is 5.72. The fourth-order valence-corrected chi connectivity index (χ4v) is 2.06. The van der Waals surface area contributed by atoms with Gasteiger partial charge in [0.25, 0.3) is 0 Å². The molecule has 3 heteroatoms. The van der Waals surface area contributed by atoms with Crippen LogP contribution in [0.3, 0.4) is 0 Å². The average molecular weight is 259 g/mol. The number of rotatable bonds is 3. The Morgan fingerprint density at radius 1 is 1.11 bits per heavy atom. The molecule has 2 N–H and O–H groups in total. The molecule has 0 fully saturated rings. The molecule has 0 spiro atoms. The van der Waals surface area contributed by atoms with Crippen LogP contribution >= 0.6 is 0 Å². The van der Waals surface area contributed by atoms with Gasteiger partial charge in [0, 0.05) is 17.2 Å². The van der Waals surface area contributed by atoms with E-state index in [-0.39, 0.29) is 11.9 Å². The van der Waals surface area contributed by atoms with Gasteiger partial charge < -0.3 is 10.5 Å². The van der Waals surface area contributed by atoms with Crippen molar-refractivity contribution in [2.24, 2.45) is 5.73 Å². The Kier molecular flexibility index (Phi) is 3.86. The molecule has 100 valence electrons. The molecule has 0 heterocycles. The summed E-state index contributed by atoms with van der Waals surface area (Å²) in [7, 11) is 1.58. The molecule has 2 rings (SSSR count). The van der Waals surface area contributed by atoms with Crippen LogP contribution in [0, 0.1) is 12.7 Å². The minimum atomic E-state index is -0.270. The second kappa shape index (κ2) is 5.41. The molecule has 1 atom stereocenters. The molecular weight excluding hydrogens is 241 g/mol. The van der Waals surface area contributed by atoms with E-state index in [9.17, 15) is 4.39 Å². The highest BCUT2D eigenvalue weighted by Crippen LogP contribution is 2.33. The first-order valence-electron chi connectivity index (χ1n) is 6.23. The summed E-state index contributed by atoms with van der Waals surface area (Å²) in [6.45, 7) is 3.85. The fraction of sp³-hybridized carbons (Fsp3) is 0.250. The number of benzene rings is 2. The third kappa shape index (κ3) is 2.76. The molecular formula is C16H18FNO. The van der Waals surface area contributed by atoms with Gasteiger partial charge in [0.15, 0.2) is 0 Å². The molecule has 19 heavy (non-hydrogen) atoms. The zero-order valence-electron chi connectivity index (χ0n) is 11.4. The maximum atomic E-state index is 14.1. The Labute approximate surface area is 113 Å². The zero-order chi connectivity index (χ0) is 14.0.